The van der Waals surface area contributed by atoms with Crippen LogP contribution in [0.1, 0.15) is 42.3 Å². The quantitative estimate of drug-likeness (QED) is 0.373. The van der Waals surface area contributed by atoms with Crippen molar-refractivity contribution in [1.29, 1.82) is 0 Å². The minimum atomic E-state index is 0.332. The highest BCUT2D eigenvalue weighted by atomic mass is 35.5. The first-order valence-electron chi connectivity index (χ1n) is 8.27. The number of fused-ring (bicyclic) bond motifs is 2. The Morgan fingerprint density at radius 1 is 1.20 bits per heavy atom. The summed E-state index contributed by atoms with van der Waals surface area (Å²) in [7, 11) is 0. The molecule has 0 aliphatic heterocycles. The number of thiophene rings is 1. The van der Waals surface area contributed by atoms with Gasteiger partial charge >= 0.3 is 0 Å². The summed E-state index contributed by atoms with van der Waals surface area (Å²) in [4.78, 5) is 4.82. The van der Waals surface area contributed by atoms with Gasteiger partial charge in [-0.2, -0.15) is 0 Å². The topological polar surface area (TPSA) is 17.3 Å². The van der Waals surface area contributed by atoms with Crippen LogP contribution in [-0.4, -0.2) is 9.38 Å². The van der Waals surface area contributed by atoms with E-state index in [1.807, 2.05) is 12.3 Å². The van der Waals surface area contributed by atoms with Gasteiger partial charge in [0.05, 0.1) is 21.4 Å². The molecule has 4 aromatic rings. The van der Waals surface area contributed by atoms with E-state index in [1.54, 1.807) is 11.3 Å². The number of hydrogen-bond acceptors (Lipinski definition) is 2. The second-order valence-electron chi connectivity index (χ2n) is 6.68. The monoisotopic (exact) mass is 388 g/mol. The van der Waals surface area contributed by atoms with Gasteiger partial charge < -0.3 is 4.40 Å². The molecular weight excluding hydrogens is 371 g/mol. The van der Waals surface area contributed by atoms with Gasteiger partial charge in [0.15, 0.2) is 0 Å². The van der Waals surface area contributed by atoms with Crippen LogP contribution in [0.15, 0.2) is 35.8 Å². The number of nitrogens with zero attached hydrogens (tertiary/aromatic N) is 2. The van der Waals surface area contributed by atoms with Crippen molar-refractivity contribution in [3.8, 4) is 0 Å². The van der Waals surface area contributed by atoms with Gasteiger partial charge in [-0.05, 0) is 40.8 Å². The average molecular weight is 389 g/mol. The van der Waals surface area contributed by atoms with Crippen LogP contribution in [0.25, 0.3) is 15.7 Å². The third kappa shape index (κ3) is 2.84. The third-order valence-corrected chi connectivity index (χ3v) is 6.29. The predicted molar refractivity (Wildman–Crippen MR) is 109 cm³/mol. The van der Waals surface area contributed by atoms with Gasteiger partial charge in [-0.1, -0.05) is 49.2 Å². The van der Waals surface area contributed by atoms with Crippen molar-refractivity contribution in [3.63, 3.8) is 0 Å². The molecule has 0 saturated heterocycles. The molecule has 0 N–H and O–H groups in total. The molecule has 3 aromatic heterocycles. The molecule has 0 saturated carbocycles. The van der Waals surface area contributed by atoms with Crippen LogP contribution in [-0.2, 0) is 6.42 Å². The maximum Gasteiger partial charge on any atom is 0.138 e. The summed E-state index contributed by atoms with van der Waals surface area (Å²) in [6, 6.07) is 8.32. The van der Waals surface area contributed by atoms with Crippen LogP contribution in [0.2, 0.25) is 10.0 Å². The van der Waals surface area contributed by atoms with E-state index >= 15 is 0 Å². The van der Waals surface area contributed by atoms with Gasteiger partial charge in [0.25, 0.3) is 0 Å². The molecule has 0 radical (unpaired) electrons. The molecule has 128 valence electrons. The molecule has 0 unspecified atom stereocenters. The summed E-state index contributed by atoms with van der Waals surface area (Å²) in [5, 5.41) is 4.71. The van der Waals surface area contributed by atoms with Crippen LogP contribution < -0.4 is 0 Å². The largest absolute Gasteiger partial charge is 0.302 e. The van der Waals surface area contributed by atoms with E-state index in [1.165, 1.54) is 26.9 Å². The SMILES string of the molecule is Cc1cccc2scc(Cc3c(C(C)C)nc4cc(Cl)c(Cl)cn34)c12. The standard InChI is InChI=1S/C20H18Cl2N2S/c1-11(2)20-16(24-9-15(22)14(21)8-18(24)23-20)7-13-10-25-17-6-4-5-12(3)19(13)17/h4-6,8-11H,7H2,1-3H3. The number of hydrogen-bond donors (Lipinski definition) is 0. The summed E-state index contributed by atoms with van der Waals surface area (Å²) >= 11 is 14.3. The van der Waals surface area contributed by atoms with E-state index in [0.29, 0.717) is 16.0 Å². The van der Waals surface area contributed by atoms with Crippen molar-refractivity contribution in [2.24, 2.45) is 0 Å². The Labute approximate surface area is 161 Å². The van der Waals surface area contributed by atoms with Gasteiger partial charge in [-0.15, -0.1) is 11.3 Å². The summed E-state index contributed by atoms with van der Waals surface area (Å²) in [6.45, 7) is 6.52. The van der Waals surface area contributed by atoms with Crippen LogP contribution in [0, 0.1) is 6.92 Å². The summed E-state index contributed by atoms with van der Waals surface area (Å²) in [6.07, 6.45) is 2.71. The number of aryl methyl sites for hydroxylation is 1. The first-order valence-corrected chi connectivity index (χ1v) is 9.91. The molecule has 0 aliphatic carbocycles. The molecule has 0 bridgehead atoms. The second kappa shape index (κ2) is 6.31. The van der Waals surface area contributed by atoms with E-state index in [0.717, 1.165) is 17.8 Å². The fourth-order valence-electron chi connectivity index (χ4n) is 3.40. The molecule has 25 heavy (non-hydrogen) atoms. The zero-order valence-electron chi connectivity index (χ0n) is 14.3. The van der Waals surface area contributed by atoms with Crippen molar-refractivity contribution in [1.82, 2.24) is 9.38 Å². The number of benzene rings is 1. The zero-order valence-corrected chi connectivity index (χ0v) is 16.6. The van der Waals surface area contributed by atoms with E-state index < -0.39 is 0 Å². The zero-order chi connectivity index (χ0) is 17.7. The lowest BCUT2D eigenvalue weighted by Crippen LogP contribution is -2.00. The Bertz CT molecular complexity index is 1090. The van der Waals surface area contributed by atoms with Crippen molar-refractivity contribution in [3.05, 3.63) is 68.4 Å². The van der Waals surface area contributed by atoms with Gasteiger partial charge in [0.2, 0.25) is 0 Å². The summed E-state index contributed by atoms with van der Waals surface area (Å²) in [5.41, 5.74) is 5.80. The lowest BCUT2D eigenvalue weighted by molar-refractivity contribution is 0.811. The van der Waals surface area contributed by atoms with Gasteiger partial charge in [0, 0.05) is 23.4 Å². The van der Waals surface area contributed by atoms with Crippen LogP contribution >= 0.6 is 34.5 Å². The predicted octanol–water partition coefficient (Wildman–Crippen LogP) is 6.88. The molecule has 0 atom stereocenters. The van der Waals surface area contributed by atoms with Crippen molar-refractivity contribution in [2.45, 2.75) is 33.1 Å². The molecule has 0 spiro atoms. The Balaban J connectivity index is 1.93. The second-order valence-corrected chi connectivity index (χ2v) is 8.41. The highest BCUT2D eigenvalue weighted by Gasteiger charge is 2.18. The van der Waals surface area contributed by atoms with E-state index in [2.05, 4.69) is 48.8 Å². The number of pyridine rings is 1. The summed E-state index contributed by atoms with van der Waals surface area (Å²) < 4.78 is 3.42. The highest BCUT2D eigenvalue weighted by Crippen LogP contribution is 2.33. The molecule has 0 aliphatic rings. The first-order chi connectivity index (χ1) is 12.0. The summed E-state index contributed by atoms with van der Waals surface area (Å²) in [5.74, 6) is 0.332. The number of rotatable bonds is 3. The fraction of sp³-hybridized carbons (Fsp3) is 0.250. The first kappa shape index (κ1) is 16.9. The average Bonchev–Trinajstić information content (AvgIpc) is 3.12. The van der Waals surface area contributed by atoms with E-state index in [-0.39, 0.29) is 0 Å². The molecule has 4 rings (SSSR count). The molecule has 5 heteroatoms. The number of halogens is 2. The van der Waals surface area contributed by atoms with Crippen molar-refractivity contribution >= 4 is 50.3 Å². The maximum absolute atomic E-state index is 6.27. The molecule has 2 nitrogen and oxygen atoms in total. The lowest BCUT2D eigenvalue weighted by atomic mass is 10.0. The van der Waals surface area contributed by atoms with Gasteiger partial charge in [-0.3, -0.25) is 0 Å². The van der Waals surface area contributed by atoms with E-state index in [9.17, 15) is 0 Å². The van der Waals surface area contributed by atoms with Gasteiger partial charge in [-0.25, -0.2) is 4.98 Å². The fourth-order valence-corrected chi connectivity index (χ4v) is 4.74. The van der Waals surface area contributed by atoms with Crippen LogP contribution in [0.4, 0.5) is 0 Å². The normalized spacial score (nSPS) is 11.9. The lowest BCUT2D eigenvalue weighted by Gasteiger charge is -2.09. The van der Waals surface area contributed by atoms with Gasteiger partial charge in [0.1, 0.15) is 5.65 Å². The third-order valence-electron chi connectivity index (χ3n) is 4.58. The minimum Gasteiger partial charge on any atom is -0.302 e. The van der Waals surface area contributed by atoms with Crippen molar-refractivity contribution < 1.29 is 0 Å². The molecule has 3 heterocycles. The van der Waals surface area contributed by atoms with Crippen LogP contribution in [0.5, 0.6) is 0 Å². The maximum atomic E-state index is 6.27. The Morgan fingerprint density at radius 2 is 2.00 bits per heavy atom. The Hall–Kier alpha value is -1.55. The Morgan fingerprint density at radius 3 is 2.76 bits per heavy atom. The van der Waals surface area contributed by atoms with Crippen molar-refractivity contribution in [2.75, 3.05) is 0 Å². The molecule has 0 amide bonds. The smallest absolute Gasteiger partial charge is 0.138 e. The molecule has 1 aromatic carbocycles. The Kier molecular flexibility index (Phi) is 4.27. The molecular formula is C20H18Cl2N2S. The van der Waals surface area contributed by atoms with E-state index in [4.69, 9.17) is 28.2 Å². The van der Waals surface area contributed by atoms with Crippen LogP contribution in [0.3, 0.4) is 0 Å². The molecule has 0 fully saturated rings. The number of imidazole rings is 1. The highest BCUT2D eigenvalue weighted by molar-refractivity contribution is 7.17. The number of aromatic nitrogens is 2. The minimum absolute atomic E-state index is 0.332.